The van der Waals surface area contributed by atoms with Crippen molar-refractivity contribution in [3.8, 4) is 11.5 Å². The first-order chi connectivity index (χ1) is 8.59. The summed E-state index contributed by atoms with van der Waals surface area (Å²) in [6.07, 6.45) is 3.85. The molecule has 94 valence electrons. The number of halogens is 1. The summed E-state index contributed by atoms with van der Waals surface area (Å²) in [6.45, 7) is 1.92. The molecule has 2 aromatic heterocycles. The lowest BCUT2D eigenvalue weighted by Crippen LogP contribution is -2.35. The van der Waals surface area contributed by atoms with Gasteiger partial charge in [-0.25, -0.2) is 0 Å². The summed E-state index contributed by atoms with van der Waals surface area (Å²) in [6, 6.07) is 3.49. The SMILES string of the molecule is CC(N)(c1nc(-c2ncccc2Cl)no1)C1CC1. The zero-order valence-electron chi connectivity index (χ0n) is 9.93. The maximum Gasteiger partial charge on any atom is 0.247 e. The molecule has 1 aliphatic carbocycles. The Bertz CT molecular complexity index is 577. The van der Waals surface area contributed by atoms with E-state index >= 15 is 0 Å². The molecule has 0 spiro atoms. The molecule has 5 nitrogen and oxygen atoms in total. The molecule has 0 saturated heterocycles. The van der Waals surface area contributed by atoms with Crippen molar-refractivity contribution < 1.29 is 4.52 Å². The third-order valence-electron chi connectivity index (χ3n) is 3.28. The number of hydrogen-bond donors (Lipinski definition) is 1. The smallest absolute Gasteiger partial charge is 0.247 e. The van der Waals surface area contributed by atoms with Crippen LogP contribution >= 0.6 is 11.6 Å². The second-order valence-electron chi connectivity index (χ2n) is 4.81. The van der Waals surface area contributed by atoms with E-state index in [0.29, 0.717) is 28.3 Å². The van der Waals surface area contributed by atoms with E-state index in [9.17, 15) is 0 Å². The van der Waals surface area contributed by atoms with Gasteiger partial charge in [-0.05, 0) is 37.8 Å². The van der Waals surface area contributed by atoms with Crippen molar-refractivity contribution in [3.63, 3.8) is 0 Å². The van der Waals surface area contributed by atoms with Crippen LogP contribution in [0.15, 0.2) is 22.9 Å². The Morgan fingerprint density at radius 3 is 2.94 bits per heavy atom. The first kappa shape index (κ1) is 11.6. The zero-order chi connectivity index (χ0) is 12.8. The number of hydrogen-bond acceptors (Lipinski definition) is 5. The van der Waals surface area contributed by atoms with E-state index in [4.69, 9.17) is 21.9 Å². The van der Waals surface area contributed by atoms with Gasteiger partial charge in [-0.3, -0.25) is 4.98 Å². The lowest BCUT2D eigenvalue weighted by molar-refractivity contribution is 0.273. The molecule has 1 saturated carbocycles. The van der Waals surface area contributed by atoms with Crippen molar-refractivity contribution in [2.75, 3.05) is 0 Å². The van der Waals surface area contributed by atoms with Crippen molar-refractivity contribution >= 4 is 11.6 Å². The predicted molar refractivity (Wildman–Crippen MR) is 66.8 cm³/mol. The highest BCUT2D eigenvalue weighted by molar-refractivity contribution is 6.32. The van der Waals surface area contributed by atoms with Crippen LogP contribution in [0.5, 0.6) is 0 Å². The molecule has 0 aromatic carbocycles. The molecular formula is C12H13ClN4O. The molecule has 0 aliphatic heterocycles. The number of nitrogens with two attached hydrogens (primary N) is 1. The van der Waals surface area contributed by atoms with Crippen LogP contribution < -0.4 is 5.73 Å². The summed E-state index contributed by atoms with van der Waals surface area (Å²) in [5, 5.41) is 4.41. The van der Waals surface area contributed by atoms with Crippen LogP contribution in [0.2, 0.25) is 5.02 Å². The number of pyridine rings is 1. The standard InChI is InChI=1S/C12H13ClN4O/c1-12(14,7-4-5-7)11-16-10(17-18-11)9-8(13)3-2-6-15-9/h2-3,6-7H,4-5,14H2,1H3. The molecule has 1 unspecified atom stereocenters. The number of aromatic nitrogens is 3. The van der Waals surface area contributed by atoms with Crippen LogP contribution in [-0.2, 0) is 5.54 Å². The largest absolute Gasteiger partial charge is 0.337 e. The third-order valence-corrected chi connectivity index (χ3v) is 3.59. The summed E-state index contributed by atoms with van der Waals surface area (Å²) in [5.41, 5.74) is 6.17. The highest BCUT2D eigenvalue weighted by atomic mass is 35.5. The molecule has 0 radical (unpaired) electrons. The maximum atomic E-state index is 6.22. The monoisotopic (exact) mass is 264 g/mol. The van der Waals surface area contributed by atoms with Crippen LogP contribution in [0.4, 0.5) is 0 Å². The highest BCUT2D eigenvalue weighted by Crippen LogP contribution is 2.43. The molecule has 6 heteroatoms. The van der Waals surface area contributed by atoms with Gasteiger partial charge < -0.3 is 10.3 Å². The molecule has 0 bridgehead atoms. The fourth-order valence-electron chi connectivity index (χ4n) is 1.95. The van der Waals surface area contributed by atoms with Gasteiger partial charge in [0.05, 0.1) is 10.6 Å². The summed E-state index contributed by atoms with van der Waals surface area (Å²) >= 11 is 6.04. The fourth-order valence-corrected chi connectivity index (χ4v) is 2.15. The molecule has 2 N–H and O–H groups in total. The summed E-state index contributed by atoms with van der Waals surface area (Å²) in [5.74, 6) is 1.25. The van der Waals surface area contributed by atoms with Gasteiger partial charge in [0.2, 0.25) is 11.7 Å². The predicted octanol–water partition coefficient (Wildman–Crippen LogP) is 2.37. The Hall–Kier alpha value is -1.46. The summed E-state index contributed by atoms with van der Waals surface area (Å²) in [7, 11) is 0. The van der Waals surface area contributed by atoms with E-state index in [0.717, 1.165) is 12.8 Å². The van der Waals surface area contributed by atoms with Gasteiger partial charge in [-0.15, -0.1) is 0 Å². The zero-order valence-corrected chi connectivity index (χ0v) is 10.7. The van der Waals surface area contributed by atoms with E-state index in [1.54, 1.807) is 18.3 Å². The molecule has 18 heavy (non-hydrogen) atoms. The van der Waals surface area contributed by atoms with Crippen LogP contribution in [-0.4, -0.2) is 15.1 Å². The molecule has 3 rings (SSSR count). The van der Waals surface area contributed by atoms with Gasteiger partial charge in [0, 0.05) is 6.20 Å². The Morgan fingerprint density at radius 2 is 2.28 bits per heavy atom. The summed E-state index contributed by atoms with van der Waals surface area (Å²) < 4.78 is 5.26. The Kier molecular flexibility index (Phi) is 2.60. The van der Waals surface area contributed by atoms with Crippen molar-refractivity contribution in [2.45, 2.75) is 25.3 Å². The average Bonchev–Trinajstić information content (AvgIpc) is 3.09. The Balaban J connectivity index is 1.97. The van der Waals surface area contributed by atoms with Gasteiger partial charge in [-0.2, -0.15) is 4.98 Å². The van der Waals surface area contributed by atoms with Gasteiger partial charge in [0.15, 0.2) is 0 Å². The molecule has 0 amide bonds. The van der Waals surface area contributed by atoms with Crippen LogP contribution in [0.3, 0.4) is 0 Å². The second kappa shape index (κ2) is 4.03. The van der Waals surface area contributed by atoms with Crippen molar-refractivity contribution in [1.29, 1.82) is 0 Å². The normalized spacial score (nSPS) is 18.6. The van der Waals surface area contributed by atoms with Crippen LogP contribution in [0.1, 0.15) is 25.7 Å². The highest BCUT2D eigenvalue weighted by Gasteiger charge is 2.44. The topological polar surface area (TPSA) is 77.8 Å². The van der Waals surface area contributed by atoms with Gasteiger partial charge >= 0.3 is 0 Å². The van der Waals surface area contributed by atoms with Gasteiger partial charge in [0.25, 0.3) is 0 Å². The first-order valence-corrected chi connectivity index (χ1v) is 6.21. The van der Waals surface area contributed by atoms with Gasteiger partial charge in [0.1, 0.15) is 5.69 Å². The lowest BCUT2D eigenvalue weighted by Gasteiger charge is -2.18. The minimum absolute atomic E-state index is 0.382. The molecule has 2 aromatic rings. The van der Waals surface area contributed by atoms with E-state index in [2.05, 4.69) is 15.1 Å². The quantitative estimate of drug-likeness (QED) is 0.921. The molecular weight excluding hydrogens is 252 g/mol. The molecule has 2 heterocycles. The Labute approximate surface area is 109 Å². The summed E-state index contributed by atoms with van der Waals surface area (Å²) in [4.78, 5) is 8.47. The average molecular weight is 265 g/mol. The molecule has 1 atom stereocenters. The van der Waals surface area contributed by atoms with E-state index < -0.39 is 5.54 Å². The van der Waals surface area contributed by atoms with E-state index in [1.807, 2.05) is 6.92 Å². The van der Waals surface area contributed by atoms with E-state index in [-0.39, 0.29) is 0 Å². The minimum atomic E-state index is -0.563. The molecule has 1 fully saturated rings. The lowest BCUT2D eigenvalue weighted by atomic mass is 9.97. The maximum absolute atomic E-state index is 6.22. The fraction of sp³-hybridized carbons (Fsp3) is 0.417. The van der Waals surface area contributed by atoms with Crippen molar-refractivity contribution in [2.24, 2.45) is 11.7 Å². The number of nitrogens with zero attached hydrogens (tertiary/aromatic N) is 3. The third kappa shape index (κ3) is 1.89. The molecule has 1 aliphatic rings. The number of rotatable bonds is 3. The van der Waals surface area contributed by atoms with Crippen LogP contribution in [0.25, 0.3) is 11.5 Å². The second-order valence-corrected chi connectivity index (χ2v) is 5.22. The minimum Gasteiger partial charge on any atom is -0.337 e. The van der Waals surface area contributed by atoms with Crippen molar-refractivity contribution in [3.05, 3.63) is 29.2 Å². The van der Waals surface area contributed by atoms with Crippen molar-refractivity contribution in [1.82, 2.24) is 15.1 Å². The Morgan fingerprint density at radius 1 is 1.50 bits per heavy atom. The first-order valence-electron chi connectivity index (χ1n) is 5.83. The van der Waals surface area contributed by atoms with Gasteiger partial charge in [-0.1, -0.05) is 16.8 Å². The van der Waals surface area contributed by atoms with E-state index in [1.165, 1.54) is 0 Å². The van der Waals surface area contributed by atoms with Crippen LogP contribution in [0, 0.1) is 5.92 Å².